The van der Waals surface area contributed by atoms with Crippen LogP contribution in [-0.2, 0) is 5.72 Å². The van der Waals surface area contributed by atoms with Gasteiger partial charge in [0.1, 0.15) is 5.69 Å². The fourth-order valence-electron chi connectivity index (χ4n) is 4.60. The summed E-state index contributed by atoms with van der Waals surface area (Å²) < 4.78 is 2.45. The number of nitrogens with zero attached hydrogens (tertiary/aromatic N) is 2. The Hall–Kier alpha value is -1.84. The zero-order valence-corrected chi connectivity index (χ0v) is 16.0. The lowest BCUT2D eigenvalue weighted by Gasteiger charge is -2.33. The Morgan fingerprint density at radius 2 is 1.81 bits per heavy atom. The third-order valence-corrected chi connectivity index (χ3v) is 5.99. The molecule has 0 fully saturated rings. The van der Waals surface area contributed by atoms with Gasteiger partial charge in [-0.2, -0.15) is 4.90 Å². The third-order valence-electron chi connectivity index (χ3n) is 5.74. The van der Waals surface area contributed by atoms with Gasteiger partial charge >= 0.3 is 0 Å². The minimum Gasteiger partial charge on any atom is -0.346 e. The summed E-state index contributed by atoms with van der Waals surface area (Å²) in [5.41, 5.74) is 0.855. The minimum absolute atomic E-state index is 0.0250. The SMILES string of the molecule is CC[C@H]1[N+]2=C(CCCCC2)N(c2ccccc2)[C@@]1(O)c1ccc(Cl)cc1. The van der Waals surface area contributed by atoms with E-state index in [4.69, 9.17) is 11.6 Å². The van der Waals surface area contributed by atoms with Gasteiger partial charge in [-0.3, -0.25) is 4.58 Å². The Morgan fingerprint density at radius 3 is 2.50 bits per heavy atom. The first-order chi connectivity index (χ1) is 12.7. The van der Waals surface area contributed by atoms with Crippen LogP contribution in [0.5, 0.6) is 0 Å². The number of hydrogen-bond donors (Lipinski definition) is 1. The topological polar surface area (TPSA) is 26.5 Å². The van der Waals surface area contributed by atoms with Crippen molar-refractivity contribution < 1.29 is 9.68 Å². The van der Waals surface area contributed by atoms with Crippen LogP contribution in [0.3, 0.4) is 0 Å². The van der Waals surface area contributed by atoms with Gasteiger partial charge in [-0.25, -0.2) is 0 Å². The summed E-state index contributed by atoms with van der Waals surface area (Å²) in [4.78, 5) is 2.18. The second kappa shape index (κ2) is 7.05. The molecule has 2 aromatic carbocycles. The molecule has 0 bridgehead atoms. The summed E-state index contributed by atoms with van der Waals surface area (Å²) in [5.74, 6) is 1.25. The summed E-state index contributed by atoms with van der Waals surface area (Å²) >= 11 is 6.12. The molecule has 0 saturated carbocycles. The number of amidine groups is 1. The smallest absolute Gasteiger partial charge is 0.278 e. The lowest BCUT2D eigenvalue weighted by atomic mass is 9.91. The number of para-hydroxylation sites is 1. The Morgan fingerprint density at radius 1 is 1.08 bits per heavy atom. The normalized spacial score (nSPS) is 26.0. The lowest BCUT2D eigenvalue weighted by Crippen LogP contribution is -2.52. The molecule has 0 radical (unpaired) electrons. The van der Waals surface area contributed by atoms with E-state index < -0.39 is 5.72 Å². The summed E-state index contributed by atoms with van der Waals surface area (Å²) in [6.45, 7) is 3.18. The molecule has 2 heterocycles. The van der Waals surface area contributed by atoms with Gasteiger partial charge in [-0.1, -0.05) is 48.9 Å². The van der Waals surface area contributed by atoms with E-state index in [1.165, 1.54) is 25.1 Å². The van der Waals surface area contributed by atoms with E-state index in [2.05, 4.69) is 28.5 Å². The van der Waals surface area contributed by atoms with E-state index in [1.807, 2.05) is 42.5 Å². The molecule has 2 atom stereocenters. The summed E-state index contributed by atoms with van der Waals surface area (Å²) in [6, 6.07) is 18.0. The molecule has 2 aromatic rings. The predicted molar refractivity (Wildman–Crippen MR) is 107 cm³/mol. The first kappa shape index (κ1) is 17.6. The van der Waals surface area contributed by atoms with Gasteiger partial charge in [0.15, 0.2) is 6.04 Å². The Balaban J connectivity index is 1.91. The maximum absolute atomic E-state index is 12.2. The van der Waals surface area contributed by atoms with E-state index in [9.17, 15) is 5.11 Å². The lowest BCUT2D eigenvalue weighted by molar-refractivity contribution is -0.575. The van der Waals surface area contributed by atoms with Crippen LogP contribution in [0.4, 0.5) is 5.69 Å². The number of aliphatic hydroxyl groups is 1. The molecule has 0 saturated heterocycles. The quantitative estimate of drug-likeness (QED) is 0.789. The summed E-state index contributed by atoms with van der Waals surface area (Å²) in [5, 5.41) is 12.9. The standard InChI is InChI=1S/C22H26ClN2O/c1-2-20-22(26,17-12-14-18(23)15-13-17)25(19-9-5-3-6-10-19)21-11-7-4-8-16-24(20)21/h3,5-6,9-10,12-15,20,26H,2,4,7-8,11,16H2,1H3/q+1/t20-,22-/m1/s1. The molecular formula is C22H26ClN2O+. The van der Waals surface area contributed by atoms with Crippen LogP contribution in [0.1, 0.15) is 44.6 Å². The van der Waals surface area contributed by atoms with Crippen LogP contribution in [0.2, 0.25) is 5.02 Å². The Labute approximate surface area is 160 Å². The van der Waals surface area contributed by atoms with Crippen LogP contribution in [-0.4, -0.2) is 28.1 Å². The monoisotopic (exact) mass is 369 g/mol. The van der Waals surface area contributed by atoms with Gasteiger partial charge in [0, 0.05) is 17.0 Å². The van der Waals surface area contributed by atoms with Gasteiger partial charge in [0.25, 0.3) is 11.6 Å². The van der Waals surface area contributed by atoms with Crippen molar-refractivity contribution in [2.45, 2.75) is 50.8 Å². The second-order valence-electron chi connectivity index (χ2n) is 7.25. The average molecular weight is 370 g/mol. The van der Waals surface area contributed by atoms with E-state index in [1.54, 1.807) is 0 Å². The predicted octanol–water partition coefficient (Wildman–Crippen LogP) is 4.77. The Kier molecular flexibility index (Phi) is 4.76. The van der Waals surface area contributed by atoms with Crippen molar-refractivity contribution in [3.8, 4) is 0 Å². The van der Waals surface area contributed by atoms with E-state index in [0.29, 0.717) is 5.02 Å². The molecule has 0 aromatic heterocycles. The summed E-state index contributed by atoms with van der Waals surface area (Å²) in [7, 11) is 0. The highest BCUT2D eigenvalue weighted by atomic mass is 35.5. The molecule has 0 amide bonds. The first-order valence-electron chi connectivity index (χ1n) is 9.62. The van der Waals surface area contributed by atoms with Gasteiger partial charge in [0.2, 0.25) is 0 Å². The van der Waals surface area contributed by atoms with Crippen molar-refractivity contribution in [2.24, 2.45) is 0 Å². The van der Waals surface area contributed by atoms with Crippen LogP contribution in [0.15, 0.2) is 54.6 Å². The molecule has 4 heteroatoms. The molecular weight excluding hydrogens is 344 g/mol. The molecule has 0 aliphatic carbocycles. The summed E-state index contributed by atoms with van der Waals surface area (Å²) in [6.07, 6.45) is 5.48. The first-order valence-corrected chi connectivity index (χ1v) is 10.00. The fourth-order valence-corrected chi connectivity index (χ4v) is 4.72. The van der Waals surface area contributed by atoms with Crippen LogP contribution in [0, 0.1) is 0 Å². The highest BCUT2D eigenvalue weighted by molar-refractivity contribution is 6.30. The maximum atomic E-state index is 12.2. The molecule has 26 heavy (non-hydrogen) atoms. The van der Waals surface area contributed by atoms with Gasteiger partial charge in [-0.05, 0) is 49.9 Å². The number of rotatable bonds is 3. The molecule has 136 valence electrons. The van der Waals surface area contributed by atoms with Crippen molar-refractivity contribution in [2.75, 3.05) is 11.4 Å². The minimum atomic E-state index is -1.09. The van der Waals surface area contributed by atoms with E-state index in [0.717, 1.165) is 30.6 Å². The largest absolute Gasteiger partial charge is 0.346 e. The zero-order valence-electron chi connectivity index (χ0n) is 15.2. The van der Waals surface area contributed by atoms with Crippen molar-refractivity contribution in [1.29, 1.82) is 0 Å². The number of anilines is 1. The molecule has 3 nitrogen and oxygen atoms in total. The average Bonchev–Trinajstić information content (AvgIpc) is 2.79. The Bertz CT molecular complexity index is 803. The van der Waals surface area contributed by atoms with Crippen molar-refractivity contribution >= 4 is 23.1 Å². The molecule has 0 spiro atoms. The van der Waals surface area contributed by atoms with Crippen LogP contribution >= 0.6 is 11.6 Å². The number of hydrogen-bond acceptors (Lipinski definition) is 2. The molecule has 0 unspecified atom stereocenters. The highest BCUT2D eigenvalue weighted by Gasteiger charge is 2.60. The van der Waals surface area contributed by atoms with E-state index in [-0.39, 0.29) is 6.04 Å². The van der Waals surface area contributed by atoms with Crippen molar-refractivity contribution in [3.63, 3.8) is 0 Å². The second-order valence-corrected chi connectivity index (χ2v) is 7.68. The zero-order chi connectivity index (χ0) is 18.1. The number of benzene rings is 2. The third kappa shape index (κ3) is 2.74. The van der Waals surface area contributed by atoms with Crippen molar-refractivity contribution in [1.82, 2.24) is 0 Å². The molecule has 1 N–H and O–H groups in total. The van der Waals surface area contributed by atoms with Crippen LogP contribution in [0.25, 0.3) is 0 Å². The van der Waals surface area contributed by atoms with Gasteiger partial charge < -0.3 is 5.11 Å². The van der Waals surface area contributed by atoms with Crippen LogP contribution < -0.4 is 4.90 Å². The fraction of sp³-hybridized carbons (Fsp3) is 0.409. The van der Waals surface area contributed by atoms with E-state index >= 15 is 0 Å². The number of halogens is 1. The molecule has 2 aliphatic heterocycles. The highest BCUT2D eigenvalue weighted by Crippen LogP contribution is 2.43. The molecule has 4 rings (SSSR count). The maximum Gasteiger partial charge on any atom is 0.278 e. The van der Waals surface area contributed by atoms with Gasteiger partial charge in [-0.15, -0.1) is 0 Å². The molecule has 2 aliphatic rings. The van der Waals surface area contributed by atoms with Crippen molar-refractivity contribution in [3.05, 3.63) is 65.2 Å². The van der Waals surface area contributed by atoms with Gasteiger partial charge in [0.05, 0.1) is 6.54 Å².